The fraction of sp³-hybridized carbons (Fsp3) is 0.552. The van der Waals surface area contributed by atoms with Crippen molar-refractivity contribution >= 4 is 34.7 Å². The van der Waals surface area contributed by atoms with Crippen molar-refractivity contribution < 1.29 is 34.2 Å². The van der Waals surface area contributed by atoms with E-state index in [1.165, 1.54) is 4.90 Å². The highest BCUT2D eigenvalue weighted by Crippen LogP contribution is 2.52. The first-order chi connectivity index (χ1) is 18.8. The number of carbonyl (C=O) groups excluding carboxylic acids is 5. The molecule has 11 nitrogen and oxygen atoms in total. The Morgan fingerprint density at radius 3 is 2.40 bits per heavy atom. The van der Waals surface area contributed by atoms with Gasteiger partial charge in [-0.1, -0.05) is 12.2 Å². The van der Waals surface area contributed by atoms with Crippen molar-refractivity contribution in [3.63, 3.8) is 0 Å². The number of hydrogen-bond donors (Lipinski definition) is 3. The minimum absolute atomic E-state index is 0.0272. The quantitative estimate of drug-likeness (QED) is 0.327. The summed E-state index contributed by atoms with van der Waals surface area (Å²) < 4.78 is 0. The Morgan fingerprint density at radius 2 is 1.82 bits per heavy atom. The number of hydrogen-bond acceptors (Lipinski definition) is 10. The molecule has 1 aromatic carbocycles. The summed E-state index contributed by atoms with van der Waals surface area (Å²) in [6, 6.07) is 0.749. The van der Waals surface area contributed by atoms with Crippen LogP contribution in [0.3, 0.4) is 0 Å². The van der Waals surface area contributed by atoms with Crippen LogP contribution in [0, 0.1) is 23.7 Å². The molecule has 0 aromatic heterocycles. The van der Waals surface area contributed by atoms with Crippen LogP contribution in [0.1, 0.15) is 34.3 Å². The molecule has 2 saturated carbocycles. The minimum atomic E-state index is -2.73. The lowest BCUT2D eigenvalue weighted by molar-refractivity contribution is -0.181. The number of amides is 1. The van der Waals surface area contributed by atoms with E-state index in [0.717, 1.165) is 18.7 Å². The van der Waals surface area contributed by atoms with Crippen molar-refractivity contribution in [2.24, 2.45) is 29.4 Å². The summed E-state index contributed by atoms with van der Waals surface area (Å²) in [5, 5.41) is 23.1. The second-order valence-corrected chi connectivity index (χ2v) is 11.9. The Bertz CT molecular complexity index is 1350. The fourth-order valence-corrected chi connectivity index (χ4v) is 7.30. The lowest BCUT2D eigenvalue weighted by Crippen LogP contribution is -2.74. The number of nitrogens with two attached hydrogens (primary N) is 1. The van der Waals surface area contributed by atoms with Gasteiger partial charge in [0.25, 0.3) is 0 Å². The summed E-state index contributed by atoms with van der Waals surface area (Å²) in [5.41, 5.74) is 4.57. The average molecular weight is 553 g/mol. The third-order valence-electron chi connectivity index (χ3n) is 9.13. The van der Waals surface area contributed by atoms with Crippen molar-refractivity contribution in [1.82, 2.24) is 9.80 Å². The van der Waals surface area contributed by atoms with Crippen LogP contribution in [0.4, 0.5) is 5.69 Å². The highest BCUT2D eigenvalue weighted by atomic mass is 16.3. The molecule has 214 valence electrons. The normalized spacial score (nSPS) is 32.1. The molecule has 0 spiro atoms. The molecule has 1 heterocycles. The van der Waals surface area contributed by atoms with E-state index in [9.17, 15) is 34.2 Å². The summed E-state index contributed by atoms with van der Waals surface area (Å²) in [4.78, 5) is 72.4. The molecule has 11 heteroatoms. The number of Topliss-reactive ketones (excluding diaryl/α,β-unsaturated/α-hetero) is 4. The molecule has 3 aliphatic carbocycles. The van der Waals surface area contributed by atoms with Gasteiger partial charge < -0.3 is 20.8 Å². The van der Waals surface area contributed by atoms with Crippen LogP contribution in [-0.2, 0) is 32.1 Å². The number of benzene rings is 1. The molecule has 0 bridgehead atoms. The van der Waals surface area contributed by atoms with Crippen LogP contribution < -0.4 is 10.6 Å². The molecular weight excluding hydrogens is 516 g/mol. The van der Waals surface area contributed by atoms with E-state index < -0.39 is 64.4 Å². The van der Waals surface area contributed by atoms with Crippen molar-refractivity contribution in [3.8, 4) is 5.75 Å². The first-order valence-electron chi connectivity index (χ1n) is 13.6. The number of primary amides is 1. The predicted octanol–water partition coefficient (Wildman–Crippen LogP) is -0.305. The molecule has 3 unspecified atom stereocenters. The standard InChI is InChI=1S/C29H36N4O7/c1-31(2)18-12-15(13-33-8-6-5-7-9-33)23(34)20-16(18)10-14-11-17-22(32(3)4)25(36)21(28(30)39)27(38)29(17,40)26(37)19(14)24(20)35/h5-6,12,14,17,19,21-22,34,40H,7-11,13H2,1-4H3,(H2,30,39)/t14-,17-,19?,21?,22?,29-/m0/s1. The summed E-state index contributed by atoms with van der Waals surface area (Å²) in [6.07, 6.45) is 5.28. The number of aromatic hydroxyl groups is 1. The molecule has 0 saturated heterocycles. The zero-order valence-corrected chi connectivity index (χ0v) is 23.2. The molecule has 40 heavy (non-hydrogen) atoms. The third kappa shape index (κ3) is 4.02. The van der Waals surface area contributed by atoms with Gasteiger partial charge in [-0.3, -0.25) is 33.8 Å². The van der Waals surface area contributed by atoms with Gasteiger partial charge in [-0.2, -0.15) is 0 Å². The number of anilines is 1. The Balaban J connectivity index is 1.62. The van der Waals surface area contributed by atoms with Gasteiger partial charge in [0.1, 0.15) is 5.75 Å². The van der Waals surface area contributed by atoms with E-state index >= 15 is 0 Å². The number of ketones is 4. The van der Waals surface area contributed by atoms with Gasteiger partial charge in [-0.05, 0) is 50.9 Å². The van der Waals surface area contributed by atoms with E-state index in [-0.39, 0.29) is 24.2 Å². The van der Waals surface area contributed by atoms with Crippen LogP contribution in [0.5, 0.6) is 5.75 Å². The minimum Gasteiger partial charge on any atom is -0.507 e. The molecule has 4 N–H and O–H groups in total. The van der Waals surface area contributed by atoms with Crippen molar-refractivity contribution in [2.75, 3.05) is 46.2 Å². The maximum Gasteiger partial charge on any atom is 0.235 e. The van der Waals surface area contributed by atoms with E-state index in [2.05, 4.69) is 11.0 Å². The van der Waals surface area contributed by atoms with E-state index in [4.69, 9.17) is 5.73 Å². The van der Waals surface area contributed by atoms with E-state index in [1.54, 1.807) is 14.1 Å². The Kier molecular flexibility index (Phi) is 6.96. The number of fused-ring (bicyclic) bond motifs is 3. The average Bonchev–Trinajstić information content (AvgIpc) is 2.87. The van der Waals surface area contributed by atoms with E-state index in [0.29, 0.717) is 24.2 Å². The van der Waals surface area contributed by atoms with Gasteiger partial charge in [0, 0.05) is 50.9 Å². The number of phenols is 1. The van der Waals surface area contributed by atoms with Crippen molar-refractivity contribution in [2.45, 2.75) is 37.5 Å². The van der Waals surface area contributed by atoms with Gasteiger partial charge in [0.05, 0.1) is 17.5 Å². The largest absolute Gasteiger partial charge is 0.507 e. The molecule has 5 rings (SSSR count). The zero-order valence-electron chi connectivity index (χ0n) is 23.2. The highest BCUT2D eigenvalue weighted by Gasteiger charge is 2.69. The third-order valence-corrected chi connectivity index (χ3v) is 9.13. The van der Waals surface area contributed by atoms with Crippen molar-refractivity contribution in [1.29, 1.82) is 0 Å². The maximum absolute atomic E-state index is 14.1. The molecule has 0 radical (unpaired) electrons. The summed E-state index contributed by atoms with van der Waals surface area (Å²) in [7, 11) is 6.81. The Morgan fingerprint density at radius 1 is 1.12 bits per heavy atom. The molecule has 2 fully saturated rings. The Labute approximate surface area is 232 Å². The summed E-state index contributed by atoms with van der Waals surface area (Å²) in [5.74, 6) is -10.3. The van der Waals surface area contributed by atoms with Gasteiger partial charge in [0.2, 0.25) is 5.91 Å². The molecule has 1 amide bonds. The van der Waals surface area contributed by atoms with Gasteiger partial charge in [-0.25, -0.2) is 0 Å². The number of aliphatic hydroxyl groups is 1. The van der Waals surface area contributed by atoms with E-state index in [1.807, 2.05) is 31.1 Å². The fourth-order valence-electron chi connectivity index (χ4n) is 7.30. The lowest BCUT2D eigenvalue weighted by atomic mass is 9.52. The van der Waals surface area contributed by atoms with Gasteiger partial charge >= 0.3 is 0 Å². The smallest absolute Gasteiger partial charge is 0.235 e. The number of likely N-dealkylation sites (N-methyl/N-ethyl adjacent to an activating group) is 1. The Hall–Kier alpha value is -3.41. The topological polar surface area (TPSA) is 162 Å². The second kappa shape index (κ2) is 9.90. The predicted molar refractivity (Wildman–Crippen MR) is 145 cm³/mol. The number of carbonyl (C=O) groups is 5. The number of phenolic OH excluding ortho intramolecular Hbond substituents is 1. The van der Waals surface area contributed by atoms with Crippen LogP contribution >= 0.6 is 0 Å². The van der Waals surface area contributed by atoms with Gasteiger partial charge in [-0.15, -0.1) is 0 Å². The first kappa shape index (κ1) is 28.1. The zero-order chi connectivity index (χ0) is 29.3. The van der Waals surface area contributed by atoms with Gasteiger partial charge in [0.15, 0.2) is 34.7 Å². The van der Waals surface area contributed by atoms with Crippen LogP contribution in [0.15, 0.2) is 18.2 Å². The summed E-state index contributed by atoms with van der Waals surface area (Å²) in [6.45, 7) is 1.90. The molecule has 1 aliphatic heterocycles. The lowest BCUT2D eigenvalue weighted by Gasteiger charge is -2.52. The molecule has 1 aromatic rings. The highest BCUT2D eigenvalue weighted by molar-refractivity contribution is 6.32. The van der Waals surface area contributed by atoms with Crippen LogP contribution in [0.25, 0.3) is 0 Å². The summed E-state index contributed by atoms with van der Waals surface area (Å²) >= 11 is 0. The maximum atomic E-state index is 14.1. The second-order valence-electron chi connectivity index (χ2n) is 11.9. The molecule has 4 aliphatic rings. The first-order valence-corrected chi connectivity index (χ1v) is 13.6. The SMILES string of the molecule is CN(C)c1cc(CN2CC=CCC2)c(O)c2c1C[C@H]1C[C@H]3C(N(C)C)C(=O)C(C(N)=O)C(=O)[C@@]3(O)C(=O)C1C2=O. The van der Waals surface area contributed by atoms with Crippen LogP contribution in [-0.4, -0.2) is 102 Å². The number of rotatable bonds is 5. The molecular formula is C29H36N4O7. The van der Waals surface area contributed by atoms with Crippen molar-refractivity contribution in [3.05, 3.63) is 34.9 Å². The monoisotopic (exact) mass is 552 g/mol. The van der Waals surface area contributed by atoms with Crippen LogP contribution in [0.2, 0.25) is 0 Å². The molecule has 6 atom stereocenters. The number of nitrogens with zero attached hydrogens (tertiary/aromatic N) is 3.